The van der Waals surface area contributed by atoms with Crippen molar-refractivity contribution in [2.24, 2.45) is 0 Å². The number of aliphatic hydroxyl groups excluding tert-OH is 1. The largest absolute Gasteiger partial charge is 0.393 e. The number of anilines is 2. The van der Waals surface area contributed by atoms with E-state index in [1.807, 2.05) is 0 Å². The van der Waals surface area contributed by atoms with Gasteiger partial charge in [0.1, 0.15) is 5.60 Å². The third-order valence-electron chi connectivity index (χ3n) is 2.25. The lowest BCUT2D eigenvalue weighted by molar-refractivity contribution is 0.0131. The Morgan fingerprint density at radius 1 is 1.28 bits per heavy atom. The summed E-state index contributed by atoms with van der Waals surface area (Å²) >= 11 is 0. The highest BCUT2D eigenvalue weighted by atomic mass is 19.1. The summed E-state index contributed by atoms with van der Waals surface area (Å²) in [6.45, 7) is 3.00. The number of nitrogens with zero attached hydrogens (tertiary/aromatic N) is 1. The fourth-order valence-corrected chi connectivity index (χ4v) is 1.21. The van der Waals surface area contributed by atoms with Gasteiger partial charge in [0.25, 0.3) is 0 Å². The van der Waals surface area contributed by atoms with Crippen LogP contribution in [0.15, 0.2) is 6.07 Å². The fraction of sp³-hybridized carbons (Fsp3) is 0.545. The summed E-state index contributed by atoms with van der Waals surface area (Å²) in [5, 5.41) is 23.6. The number of aromatic nitrogens is 1. The molecule has 7 heteroatoms. The van der Waals surface area contributed by atoms with E-state index in [1.54, 1.807) is 6.92 Å². The zero-order valence-electron chi connectivity index (χ0n) is 10.3. The van der Waals surface area contributed by atoms with Crippen LogP contribution in [0.3, 0.4) is 0 Å². The van der Waals surface area contributed by atoms with Gasteiger partial charge in [-0.25, -0.2) is 13.8 Å². The van der Waals surface area contributed by atoms with Crippen molar-refractivity contribution in [3.63, 3.8) is 0 Å². The van der Waals surface area contributed by atoms with Crippen molar-refractivity contribution in [2.45, 2.75) is 19.4 Å². The van der Waals surface area contributed by atoms with E-state index in [2.05, 4.69) is 15.6 Å². The Kier molecular flexibility index (Phi) is 4.80. The first-order valence-corrected chi connectivity index (χ1v) is 5.56. The summed E-state index contributed by atoms with van der Waals surface area (Å²) in [5.74, 6) is -1.89. The van der Waals surface area contributed by atoms with Crippen LogP contribution in [0.4, 0.5) is 20.4 Å². The van der Waals surface area contributed by atoms with Gasteiger partial charge in [-0.2, -0.15) is 0 Å². The highest BCUT2D eigenvalue weighted by Gasteiger charge is 2.20. The van der Waals surface area contributed by atoms with Crippen molar-refractivity contribution >= 4 is 11.6 Å². The van der Waals surface area contributed by atoms with Crippen LogP contribution in [-0.2, 0) is 0 Å². The Morgan fingerprint density at radius 3 is 2.33 bits per heavy atom. The minimum absolute atomic E-state index is 0.0648. The second-order valence-electron chi connectivity index (χ2n) is 4.19. The lowest BCUT2D eigenvalue weighted by Crippen LogP contribution is -2.37. The summed E-state index contributed by atoms with van der Waals surface area (Å²) in [7, 11) is 0. The summed E-state index contributed by atoms with van der Waals surface area (Å²) in [6, 6.07) is 0.709. The quantitative estimate of drug-likeness (QED) is 0.613. The van der Waals surface area contributed by atoms with E-state index in [-0.39, 0.29) is 18.2 Å². The Morgan fingerprint density at radius 2 is 1.83 bits per heavy atom. The molecule has 0 aliphatic carbocycles. The molecule has 4 N–H and O–H groups in total. The van der Waals surface area contributed by atoms with E-state index >= 15 is 0 Å². The van der Waals surface area contributed by atoms with Gasteiger partial charge in [0.2, 0.25) is 0 Å². The zero-order chi connectivity index (χ0) is 13.8. The Hall–Kier alpha value is -1.47. The van der Waals surface area contributed by atoms with Gasteiger partial charge in [0, 0.05) is 19.2 Å². The van der Waals surface area contributed by atoms with Crippen LogP contribution in [0.5, 0.6) is 0 Å². The van der Waals surface area contributed by atoms with Crippen LogP contribution in [0, 0.1) is 11.6 Å². The van der Waals surface area contributed by atoms with Crippen molar-refractivity contribution in [2.75, 3.05) is 30.3 Å². The molecule has 5 nitrogen and oxygen atoms in total. The molecule has 1 rings (SSSR count). The molecule has 0 aliphatic rings. The Balaban J connectivity index is 2.85. The molecular weight excluding hydrogens is 244 g/mol. The lowest BCUT2D eigenvalue weighted by atomic mass is 10.1. The van der Waals surface area contributed by atoms with E-state index in [0.29, 0.717) is 12.6 Å². The van der Waals surface area contributed by atoms with Crippen LogP contribution in [0.25, 0.3) is 0 Å². The molecular formula is C11H17F2N3O2. The topological polar surface area (TPSA) is 77.4 Å². The predicted octanol–water partition coefficient (Wildman–Crippen LogP) is 0.947. The van der Waals surface area contributed by atoms with Gasteiger partial charge in [-0.1, -0.05) is 0 Å². The minimum atomic E-state index is -1.40. The maximum atomic E-state index is 13.4. The van der Waals surface area contributed by atoms with Crippen molar-refractivity contribution in [1.29, 1.82) is 0 Å². The highest BCUT2D eigenvalue weighted by molar-refractivity contribution is 5.47. The number of hydrogen-bond donors (Lipinski definition) is 4. The molecule has 0 saturated carbocycles. The minimum Gasteiger partial charge on any atom is -0.393 e. The second-order valence-corrected chi connectivity index (χ2v) is 4.19. The third-order valence-corrected chi connectivity index (χ3v) is 2.25. The molecule has 1 unspecified atom stereocenters. The van der Waals surface area contributed by atoms with Crippen LogP contribution in [0.1, 0.15) is 13.8 Å². The number of halogens is 2. The van der Waals surface area contributed by atoms with Gasteiger partial charge < -0.3 is 20.8 Å². The van der Waals surface area contributed by atoms with Gasteiger partial charge in [-0.05, 0) is 13.8 Å². The van der Waals surface area contributed by atoms with Crippen LogP contribution < -0.4 is 10.6 Å². The van der Waals surface area contributed by atoms with E-state index in [4.69, 9.17) is 5.11 Å². The van der Waals surface area contributed by atoms with Crippen molar-refractivity contribution in [3.05, 3.63) is 17.7 Å². The van der Waals surface area contributed by atoms with Crippen molar-refractivity contribution in [1.82, 2.24) is 4.98 Å². The second kappa shape index (κ2) is 5.92. The molecule has 102 valence electrons. The first-order valence-electron chi connectivity index (χ1n) is 5.56. The van der Waals surface area contributed by atoms with E-state index < -0.39 is 23.8 Å². The maximum absolute atomic E-state index is 13.4. The van der Waals surface area contributed by atoms with Crippen molar-refractivity contribution in [3.8, 4) is 0 Å². The summed E-state index contributed by atoms with van der Waals surface area (Å²) in [6.07, 6.45) is 0. The number of nitrogens with one attached hydrogen (secondary N) is 2. The van der Waals surface area contributed by atoms with E-state index in [1.165, 1.54) is 6.92 Å². The van der Waals surface area contributed by atoms with Crippen LogP contribution >= 0.6 is 0 Å². The average Bonchev–Trinajstić information content (AvgIpc) is 2.31. The fourth-order valence-electron chi connectivity index (χ4n) is 1.21. The molecule has 0 amide bonds. The Labute approximate surface area is 104 Å². The number of pyridine rings is 1. The molecule has 0 fully saturated rings. The first-order chi connectivity index (χ1) is 8.39. The molecule has 0 aliphatic heterocycles. The normalized spacial score (nSPS) is 14.1. The SMILES string of the molecule is CCNc1nc(NCC(C)(O)CO)c(F)cc1F. The van der Waals surface area contributed by atoms with E-state index in [9.17, 15) is 13.9 Å². The summed E-state index contributed by atoms with van der Waals surface area (Å²) < 4.78 is 26.7. The number of aliphatic hydroxyl groups is 2. The molecule has 0 saturated heterocycles. The molecule has 0 radical (unpaired) electrons. The molecule has 0 aromatic carbocycles. The first kappa shape index (κ1) is 14.6. The van der Waals surface area contributed by atoms with Gasteiger partial charge in [-0.3, -0.25) is 0 Å². The molecule has 0 spiro atoms. The Bertz CT molecular complexity index is 414. The molecule has 0 bridgehead atoms. The van der Waals surface area contributed by atoms with Gasteiger partial charge >= 0.3 is 0 Å². The van der Waals surface area contributed by atoms with Crippen LogP contribution in [0.2, 0.25) is 0 Å². The smallest absolute Gasteiger partial charge is 0.168 e. The molecule has 1 heterocycles. The summed E-state index contributed by atoms with van der Waals surface area (Å²) in [5.41, 5.74) is -1.40. The standard InChI is InChI=1S/C11H17F2N3O2/c1-3-14-9-7(12)4-8(13)10(16-9)15-5-11(2,18)6-17/h4,17-18H,3,5-6H2,1-2H3,(H2,14,15,16). The molecule has 1 aromatic rings. The molecule has 18 heavy (non-hydrogen) atoms. The lowest BCUT2D eigenvalue weighted by Gasteiger charge is -2.21. The van der Waals surface area contributed by atoms with Crippen LogP contribution in [-0.4, -0.2) is 40.5 Å². The monoisotopic (exact) mass is 261 g/mol. The predicted molar refractivity (Wildman–Crippen MR) is 64.5 cm³/mol. The van der Waals surface area contributed by atoms with E-state index in [0.717, 1.165) is 0 Å². The molecule has 1 atom stereocenters. The number of rotatable bonds is 6. The average molecular weight is 261 g/mol. The van der Waals surface area contributed by atoms with Gasteiger partial charge in [0.05, 0.1) is 6.61 Å². The zero-order valence-corrected chi connectivity index (χ0v) is 10.3. The molecule has 1 aromatic heterocycles. The van der Waals surface area contributed by atoms with Gasteiger partial charge in [-0.15, -0.1) is 0 Å². The van der Waals surface area contributed by atoms with Crippen molar-refractivity contribution < 1.29 is 19.0 Å². The van der Waals surface area contributed by atoms with Gasteiger partial charge in [0.15, 0.2) is 23.3 Å². The maximum Gasteiger partial charge on any atom is 0.168 e. The third kappa shape index (κ3) is 3.78. The summed E-state index contributed by atoms with van der Waals surface area (Å²) in [4.78, 5) is 3.73. The number of hydrogen-bond acceptors (Lipinski definition) is 5. The highest BCUT2D eigenvalue weighted by Crippen LogP contribution is 2.19.